The minimum absolute atomic E-state index is 0.0392. The normalized spacial score (nSPS) is 16.1. The molecule has 1 N–H and O–H groups in total. The molecule has 13 heteroatoms. The Hall–Kier alpha value is -2.93. The van der Waals surface area contributed by atoms with E-state index in [1.165, 1.54) is 6.07 Å². The van der Waals surface area contributed by atoms with Gasteiger partial charge in [-0.1, -0.05) is 12.1 Å². The molecule has 0 saturated carbocycles. The van der Waals surface area contributed by atoms with Crippen molar-refractivity contribution < 1.29 is 21.6 Å². The van der Waals surface area contributed by atoms with Crippen molar-refractivity contribution in [2.24, 2.45) is 0 Å². The Kier molecular flexibility index (Phi) is 5.47. The molecule has 0 amide bonds. The van der Waals surface area contributed by atoms with E-state index in [9.17, 15) is 21.6 Å². The van der Waals surface area contributed by atoms with Crippen molar-refractivity contribution in [3.8, 4) is 0 Å². The number of benzene rings is 1. The molecule has 166 valence electrons. The van der Waals surface area contributed by atoms with Gasteiger partial charge in [-0.05, 0) is 29.8 Å². The van der Waals surface area contributed by atoms with Gasteiger partial charge in [-0.25, -0.2) is 8.42 Å². The quantitative estimate of drug-likeness (QED) is 0.627. The fraction of sp³-hybridized carbons (Fsp3) is 0.389. The molecule has 3 aromatic rings. The molecule has 4 rings (SSSR count). The fourth-order valence-electron chi connectivity index (χ4n) is 3.47. The summed E-state index contributed by atoms with van der Waals surface area (Å²) >= 11 is 0. The summed E-state index contributed by atoms with van der Waals surface area (Å²) in [6, 6.07) is 10.3. The van der Waals surface area contributed by atoms with Crippen molar-refractivity contribution in [1.82, 2.24) is 24.7 Å². The van der Waals surface area contributed by atoms with Gasteiger partial charge >= 0.3 is 6.18 Å². The number of halogens is 3. The molecular formula is C18H20F3N7O2S. The van der Waals surface area contributed by atoms with Crippen LogP contribution >= 0.6 is 0 Å². The second-order valence-electron chi connectivity index (χ2n) is 7.32. The van der Waals surface area contributed by atoms with E-state index in [1.54, 1.807) is 24.3 Å². The van der Waals surface area contributed by atoms with Crippen LogP contribution in [0.2, 0.25) is 0 Å². The maximum Gasteiger partial charge on any atom is 0.453 e. The third kappa shape index (κ3) is 5.05. The van der Waals surface area contributed by atoms with Gasteiger partial charge in [0.1, 0.15) is 5.82 Å². The van der Waals surface area contributed by atoms with E-state index in [2.05, 4.69) is 24.9 Å². The van der Waals surface area contributed by atoms with E-state index in [0.29, 0.717) is 44.2 Å². The zero-order chi connectivity index (χ0) is 22.2. The van der Waals surface area contributed by atoms with Crippen molar-refractivity contribution in [3.63, 3.8) is 0 Å². The first-order valence-electron chi connectivity index (χ1n) is 9.42. The predicted molar refractivity (Wildman–Crippen MR) is 108 cm³/mol. The lowest BCUT2D eigenvalue weighted by molar-refractivity contribution is -0.146. The van der Waals surface area contributed by atoms with E-state index in [0.717, 1.165) is 16.3 Å². The lowest BCUT2D eigenvalue weighted by Crippen LogP contribution is -2.46. The first-order chi connectivity index (χ1) is 14.6. The first-order valence-corrected chi connectivity index (χ1v) is 11.3. The average molecular weight is 455 g/mol. The van der Waals surface area contributed by atoms with Crippen molar-refractivity contribution in [2.45, 2.75) is 12.7 Å². The number of anilines is 2. The number of hydrogen-bond acceptors (Lipinski definition) is 7. The summed E-state index contributed by atoms with van der Waals surface area (Å²) in [5.41, 5.74) is 1.50. The molecule has 0 aliphatic carbocycles. The standard InChI is InChI=1S/C18H20F3N7O2S/c1-31(29,30)25-14-4-2-3-13(11-14)12-26-7-9-27(10-8-26)16-6-5-15-22-23-17(18(19,20)21)28(15)24-16/h2-6,11,25H,7-10,12H2,1H3. The minimum atomic E-state index is -4.63. The lowest BCUT2D eigenvalue weighted by Gasteiger charge is -2.35. The Morgan fingerprint density at radius 2 is 1.81 bits per heavy atom. The second-order valence-corrected chi connectivity index (χ2v) is 9.07. The highest BCUT2D eigenvalue weighted by atomic mass is 32.2. The number of rotatable bonds is 5. The van der Waals surface area contributed by atoms with Crippen LogP contribution in [0.1, 0.15) is 11.4 Å². The van der Waals surface area contributed by atoms with Gasteiger partial charge in [0.25, 0.3) is 5.82 Å². The number of fused-ring (bicyclic) bond motifs is 1. The van der Waals surface area contributed by atoms with Gasteiger partial charge in [-0.2, -0.15) is 17.7 Å². The molecule has 0 bridgehead atoms. The van der Waals surface area contributed by atoms with Crippen molar-refractivity contribution in [3.05, 3.63) is 47.8 Å². The summed E-state index contributed by atoms with van der Waals surface area (Å²) in [5.74, 6) is -0.720. The number of aromatic nitrogens is 4. The molecule has 0 radical (unpaired) electrons. The van der Waals surface area contributed by atoms with Crippen LogP contribution in [0, 0.1) is 0 Å². The Morgan fingerprint density at radius 3 is 2.48 bits per heavy atom. The smallest absolute Gasteiger partial charge is 0.353 e. The molecule has 1 fully saturated rings. The highest BCUT2D eigenvalue weighted by molar-refractivity contribution is 7.92. The molecule has 1 saturated heterocycles. The van der Waals surface area contributed by atoms with Gasteiger partial charge in [0.15, 0.2) is 5.65 Å². The monoisotopic (exact) mass is 455 g/mol. The Labute approximate surface area is 176 Å². The van der Waals surface area contributed by atoms with Crippen LogP contribution in [0.4, 0.5) is 24.7 Å². The van der Waals surface area contributed by atoms with Crippen LogP contribution in [0.5, 0.6) is 0 Å². The third-order valence-corrected chi connectivity index (χ3v) is 5.44. The second kappa shape index (κ2) is 7.96. The summed E-state index contributed by atoms with van der Waals surface area (Å²) in [4.78, 5) is 4.10. The Bertz CT molecular complexity index is 1190. The van der Waals surface area contributed by atoms with Crippen LogP contribution in [0.25, 0.3) is 5.65 Å². The average Bonchev–Trinajstić information content (AvgIpc) is 3.11. The van der Waals surface area contributed by atoms with Gasteiger partial charge < -0.3 is 4.90 Å². The maximum absolute atomic E-state index is 13.1. The van der Waals surface area contributed by atoms with E-state index in [1.807, 2.05) is 11.0 Å². The molecule has 0 atom stereocenters. The predicted octanol–water partition coefficient (Wildman–Crippen LogP) is 1.84. The first kappa shape index (κ1) is 21.3. The van der Waals surface area contributed by atoms with E-state index >= 15 is 0 Å². The summed E-state index contributed by atoms with van der Waals surface area (Å²) < 4.78 is 65.2. The molecule has 31 heavy (non-hydrogen) atoms. The molecule has 0 spiro atoms. The number of hydrogen-bond donors (Lipinski definition) is 1. The van der Waals surface area contributed by atoms with Gasteiger partial charge in [0.2, 0.25) is 10.0 Å². The SMILES string of the molecule is CS(=O)(=O)Nc1cccc(CN2CCN(c3ccc4nnc(C(F)(F)F)n4n3)CC2)c1. The number of piperazine rings is 1. The Balaban J connectivity index is 1.42. The lowest BCUT2D eigenvalue weighted by atomic mass is 10.2. The highest BCUT2D eigenvalue weighted by Crippen LogP contribution is 2.28. The summed E-state index contributed by atoms with van der Waals surface area (Å²) in [6.07, 6.45) is -3.54. The zero-order valence-electron chi connectivity index (χ0n) is 16.5. The van der Waals surface area contributed by atoms with Crippen molar-refractivity contribution >= 4 is 27.2 Å². The van der Waals surface area contributed by atoms with Crippen molar-refractivity contribution in [1.29, 1.82) is 0 Å². The van der Waals surface area contributed by atoms with Crippen LogP contribution < -0.4 is 9.62 Å². The van der Waals surface area contributed by atoms with Gasteiger partial charge in [0.05, 0.1) is 6.26 Å². The summed E-state index contributed by atoms with van der Waals surface area (Å²) in [5, 5.41) is 10.8. The molecule has 1 aliphatic heterocycles. The Morgan fingerprint density at radius 1 is 1.06 bits per heavy atom. The topological polar surface area (TPSA) is 95.7 Å². The zero-order valence-corrected chi connectivity index (χ0v) is 17.4. The number of nitrogens with zero attached hydrogens (tertiary/aromatic N) is 6. The van der Waals surface area contributed by atoms with Gasteiger partial charge in [-0.15, -0.1) is 15.3 Å². The number of alkyl halides is 3. The molecule has 9 nitrogen and oxygen atoms in total. The highest BCUT2D eigenvalue weighted by Gasteiger charge is 2.37. The van der Waals surface area contributed by atoms with Crippen LogP contribution in [-0.4, -0.2) is 65.6 Å². The van der Waals surface area contributed by atoms with Gasteiger partial charge in [-0.3, -0.25) is 9.62 Å². The number of nitrogens with one attached hydrogen (secondary N) is 1. The summed E-state index contributed by atoms with van der Waals surface area (Å²) in [6.45, 7) is 3.16. The fourth-order valence-corrected chi connectivity index (χ4v) is 4.02. The van der Waals surface area contributed by atoms with E-state index in [4.69, 9.17) is 0 Å². The van der Waals surface area contributed by atoms with E-state index in [-0.39, 0.29) is 5.65 Å². The van der Waals surface area contributed by atoms with Crippen LogP contribution in [0.15, 0.2) is 36.4 Å². The third-order valence-electron chi connectivity index (χ3n) is 4.83. The van der Waals surface area contributed by atoms with Gasteiger partial charge in [0, 0.05) is 38.4 Å². The van der Waals surface area contributed by atoms with Crippen LogP contribution in [0.3, 0.4) is 0 Å². The molecule has 3 heterocycles. The molecule has 1 aromatic carbocycles. The minimum Gasteiger partial charge on any atom is -0.353 e. The summed E-state index contributed by atoms with van der Waals surface area (Å²) in [7, 11) is -3.35. The maximum atomic E-state index is 13.1. The van der Waals surface area contributed by atoms with Crippen LogP contribution in [-0.2, 0) is 22.7 Å². The molecule has 1 aliphatic rings. The largest absolute Gasteiger partial charge is 0.453 e. The molecule has 2 aromatic heterocycles. The molecule has 0 unspecified atom stereocenters. The number of sulfonamides is 1. The van der Waals surface area contributed by atoms with E-state index < -0.39 is 22.0 Å². The molecular weight excluding hydrogens is 435 g/mol. The van der Waals surface area contributed by atoms with Crippen molar-refractivity contribution in [2.75, 3.05) is 42.1 Å².